The van der Waals surface area contributed by atoms with Crippen LogP contribution in [-0.4, -0.2) is 11.9 Å². The van der Waals surface area contributed by atoms with Gasteiger partial charge in [0.15, 0.2) is 5.70 Å². The van der Waals surface area contributed by atoms with Gasteiger partial charge in [-0.05, 0) is 103 Å². The predicted molar refractivity (Wildman–Crippen MR) is 107 cm³/mol. The van der Waals surface area contributed by atoms with Gasteiger partial charge in [-0.3, -0.25) is 0 Å². The maximum atomic E-state index is 12.0. The molecule has 0 saturated carbocycles. The summed E-state index contributed by atoms with van der Waals surface area (Å²) in [6.07, 6.45) is 1.73. The van der Waals surface area contributed by atoms with Crippen LogP contribution in [-0.2, 0) is 9.53 Å². The SMILES string of the molecule is O=C1OC(c2ccc(I)c(Br)c2)=N/C1=C\c1ccc(I)cc1. The topological polar surface area (TPSA) is 38.7 Å². The van der Waals surface area contributed by atoms with Gasteiger partial charge in [0.1, 0.15) is 0 Å². The molecule has 0 N–H and O–H groups in total. The number of nitrogens with zero attached hydrogens (tertiary/aromatic N) is 1. The third-order valence-electron chi connectivity index (χ3n) is 2.96. The third-order valence-corrected chi connectivity index (χ3v) is 6.02. The molecule has 1 aliphatic rings. The highest BCUT2D eigenvalue weighted by Crippen LogP contribution is 2.24. The van der Waals surface area contributed by atoms with Crippen molar-refractivity contribution < 1.29 is 9.53 Å². The van der Waals surface area contributed by atoms with E-state index in [0.717, 1.165) is 22.7 Å². The summed E-state index contributed by atoms with van der Waals surface area (Å²) in [6.45, 7) is 0. The number of ether oxygens (including phenoxy) is 1. The molecule has 0 bridgehead atoms. The van der Waals surface area contributed by atoms with Crippen LogP contribution >= 0.6 is 61.1 Å². The maximum absolute atomic E-state index is 12.0. The molecule has 0 spiro atoms. The molecule has 0 radical (unpaired) electrons. The fourth-order valence-corrected chi connectivity index (χ4v) is 2.95. The first-order valence-corrected chi connectivity index (χ1v) is 9.21. The second-order valence-electron chi connectivity index (χ2n) is 4.52. The van der Waals surface area contributed by atoms with Crippen molar-refractivity contribution in [2.24, 2.45) is 4.99 Å². The van der Waals surface area contributed by atoms with Crippen LogP contribution in [0.3, 0.4) is 0 Å². The molecule has 2 aromatic carbocycles. The Morgan fingerprint density at radius 3 is 2.50 bits per heavy atom. The molecule has 0 saturated heterocycles. The van der Waals surface area contributed by atoms with Crippen molar-refractivity contribution in [1.29, 1.82) is 0 Å². The molecular formula is C16H8BrI2NO2. The van der Waals surface area contributed by atoms with Crippen LogP contribution < -0.4 is 0 Å². The Balaban J connectivity index is 1.94. The van der Waals surface area contributed by atoms with E-state index >= 15 is 0 Å². The van der Waals surface area contributed by atoms with Crippen LogP contribution in [0.15, 0.2) is 57.6 Å². The van der Waals surface area contributed by atoms with Crippen molar-refractivity contribution in [2.75, 3.05) is 0 Å². The normalized spacial score (nSPS) is 15.9. The van der Waals surface area contributed by atoms with Crippen LogP contribution in [0.2, 0.25) is 0 Å². The van der Waals surface area contributed by atoms with Crippen LogP contribution in [0.4, 0.5) is 0 Å². The van der Waals surface area contributed by atoms with E-state index < -0.39 is 5.97 Å². The summed E-state index contributed by atoms with van der Waals surface area (Å²) < 4.78 is 8.44. The molecule has 3 nitrogen and oxygen atoms in total. The van der Waals surface area contributed by atoms with Crippen LogP contribution in [0, 0.1) is 7.14 Å². The monoisotopic (exact) mass is 579 g/mol. The van der Waals surface area contributed by atoms with Gasteiger partial charge in [0.2, 0.25) is 5.90 Å². The van der Waals surface area contributed by atoms with E-state index in [2.05, 4.69) is 66.1 Å². The molecule has 1 heterocycles. The second kappa shape index (κ2) is 6.79. The number of rotatable bonds is 2. The minimum absolute atomic E-state index is 0.311. The van der Waals surface area contributed by atoms with Crippen molar-refractivity contribution in [1.82, 2.24) is 0 Å². The predicted octanol–water partition coefficient (Wildman–Crippen LogP) is 5.00. The summed E-state index contributed by atoms with van der Waals surface area (Å²) in [7, 11) is 0. The lowest BCUT2D eigenvalue weighted by molar-refractivity contribution is -0.129. The van der Waals surface area contributed by atoms with Crippen LogP contribution in [0.25, 0.3) is 6.08 Å². The molecule has 2 aromatic rings. The van der Waals surface area contributed by atoms with Gasteiger partial charge < -0.3 is 4.74 Å². The van der Waals surface area contributed by atoms with Gasteiger partial charge in [-0.15, -0.1) is 0 Å². The van der Waals surface area contributed by atoms with Gasteiger partial charge in [0, 0.05) is 17.2 Å². The van der Waals surface area contributed by atoms with E-state index in [-0.39, 0.29) is 0 Å². The number of hydrogen-bond donors (Lipinski definition) is 0. The lowest BCUT2D eigenvalue weighted by atomic mass is 10.2. The van der Waals surface area contributed by atoms with E-state index in [1.165, 1.54) is 0 Å². The zero-order valence-electron chi connectivity index (χ0n) is 11.0. The average molecular weight is 580 g/mol. The number of carbonyl (C=O) groups excluding carboxylic acids is 1. The molecule has 110 valence electrons. The lowest BCUT2D eigenvalue weighted by Gasteiger charge is -2.01. The second-order valence-corrected chi connectivity index (χ2v) is 7.78. The Bertz CT molecular complexity index is 813. The minimum Gasteiger partial charge on any atom is -0.402 e. The van der Waals surface area contributed by atoms with Gasteiger partial charge in [-0.2, -0.15) is 0 Å². The summed E-state index contributed by atoms with van der Waals surface area (Å²) in [5, 5.41) is 0. The van der Waals surface area contributed by atoms with Crippen molar-refractivity contribution >= 4 is 79.1 Å². The summed E-state index contributed by atoms with van der Waals surface area (Å²) in [5.41, 5.74) is 2.00. The number of esters is 1. The van der Waals surface area contributed by atoms with Crippen molar-refractivity contribution in [3.63, 3.8) is 0 Å². The van der Waals surface area contributed by atoms with E-state index in [4.69, 9.17) is 4.74 Å². The number of halogens is 3. The first-order chi connectivity index (χ1) is 10.5. The molecule has 0 aliphatic carbocycles. The highest BCUT2D eigenvalue weighted by Gasteiger charge is 2.24. The van der Waals surface area contributed by atoms with Crippen molar-refractivity contribution in [3.05, 3.63) is 70.9 Å². The number of carbonyl (C=O) groups is 1. The maximum Gasteiger partial charge on any atom is 0.363 e. The number of cyclic esters (lactones) is 1. The quantitative estimate of drug-likeness (QED) is 0.285. The molecule has 1 aliphatic heterocycles. The number of aliphatic imine (C=N–C) groups is 1. The lowest BCUT2D eigenvalue weighted by Crippen LogP contribution is -2.05. The Labute approximate surface area is 163 Å². The summed E-state index contributed by atoms with van der Waals surface area (Å²) in [6, 6.07) is 13.6. The smallest absolute Gasteiger partial charge is 0.363 e. The highest BCUT2D eigenvalue weighted by molar-refractivity contribution is 14.1. The Hall–Kier alpha value is -0.740. The zero-order chi connectivity index (χ0) is 15.7. The molecule has 0 fully saturated rings. The Kier molecular flexibility index (Phi) is 4.98. The van der Waals surface area contributed by atoms with Crippen LogP contribution in [0.1, 0.15) is 11.1 Å². The fraction of sp³-hybridized carbons (Fsp3) is 0. The summed E-state index contributed by atoms with van der Waals surface area (Å²) >= 11 is 7.93. The first-order valence-electron chi connectivity index (χ1n) is 6.26. The highest BCUT2D eigenvalue weighted by atomic mass is 127. The Morgan fingerprint density at radius 2 is 1.82 bits per heavy atom. The van der Waals surface area contributed by atoms with Gasteiger partial charge in [0.25, 0.3) is 0 Å². The van der Waals surface area contributed by atoms with Crippen LogP contribution in [0.5, 0.6) is 0 Å². The van der Waals surface area contributed by atoms with Gasteiger partial charge in [0.05, 0.1) is 0 Å². The van der Waals surface area contributed by atoms with Crippen molar-refractivity contribution in [2.45, 2.75) is 0 Å². The molecule has 0 amide bonds. The van der Waals surface area contributed by atoms with Crippen molar-refractivity contribution in [3.8, 4) is 0 Å². The largest absolute Gasteiger partial charge is 0.402 e. The van der Waals surface area contributed by atoms with E-state index in [1.54, 1.807) is 6.08 Å². The van der Waals surface area contributed by atoms with Gasteiger partial charge in [-0.25, -0.2) is 9.79 Å². The Morgan fingerprint density at radius 1 is 1.09 bits per heavy atom. The molecular weight excluding hydrogens is 572 g/mol. The van der Waals surface area contributed by atoms with Gasteiger partial charge >= 0.3 is 5.97 Å². The molecule has 0 aromatic heterocycles. The fourth-order valence-electron chi connectivity index (χ4n) is 1.88. The first kappa shape index (κ1) is 16.1. The van der Waals surface area contributed by atoms with E-state index in [9.17, 15) is 4.79 Å². The summed E-state index contributed by atoms with van der Waals surface area (Å²) in [5.74, 6) is -0.0953. The summed E-state index contributed by atoms with van der Waals surface area (Å²) in [4.78, 5) is 16.3. The average Bonchev–Trinajstić information content (AvgIpc) is 2.85. The molecule has 6 heteroatoms. The third kappa shape index (κ3) is 3.60. The number of benzene rings is 2. The number of hydrogen-bond acceptors (Lipinski definition) is 3. The minimum atomic E-state index is -0.428. The molecule has 0 atom stereocenters. The van der Waals surface area contributed by atoms with E-state index in [1.807, 2.05) is 42.5 Å². The zero-order valence-corrected chi connectivity index (χ0v) is 16.9. The molecule has 22 heavy (non-hydrogen) atoms. The molecule has 0 unspecified atom stereocenters. The van der Waals surface area contributed by atoms with Gasteiger partial charge in [-0.1, -0.05) is 12.1 Å². The standard InChI is InChI=1S/C16H8BrI2NO2/c17-12-8-10(3-6-13(12)19)15-20-14(16(21)22-15)7-9-1-4-11(18)5-2-9/h1-8H/b14-7-. The van der Waals surface area contributed by atoms with E-state index in [0.29, 0.717) is 11.6 Å². The molecule has 3 rings (SSSR count).